The third-order valence-corrected chi connectivity index (χ3v) is 1.91. The second-order valence-electron chi connectivity index (χ2n) is 3.15. The van der Waals surface area contributed by atoms with Crippen LogP contribution in [0.2, 0.25) is 0 Å². The summed E-state index contributed by atoms with van der Waals surface area (Å²) in [5.74, 6) is -0.842. The van der Waals surface area contributed by atoms with Crippen LogP contribution in [0.5, 0.6) is 0 Å². The second kappa shape index (κ2) is 7.50. The molecule has 0 saturated carbocycles. The molecule has 14 heavy (non-hydrogen) atoms. The number of esters is 1. The van der Waals surface area contributed by atoms with Gasteiger partial charge in [-0.25, -0.2) is 4.79 Å². The third kappa shape index (κ3) is 4.97. The molecular formula is C10H19NO3. The minimum absolute atomic E-state index is 0.225. The van der Waals surface area contributed by atoms with Gasteiger partial charge < -0.3 is 10.5 Å². The van der Waals surface area contributed by atoms with E-state index < -0.39 is 12.0 Å². The average Bonchev–Trinajstić information content (AvgIpc) is 2.17. The summed E-state index contributed by atoms with van der Waals surface area (Å²) in [7, 11) is 0. The van der Waals surface area contributed by atoms with Gasteiger partial charge in [0.25, 0.3) is 0 Å². The summed E-state index contributed by atoms with van der Waals surface area (Å²) in [5.41, 5.74) is 5.40. The first-order valence-electron chi connectivity index (χ1n) is 5.08. The van der Waals surface area contributed by atoms with Gasteiger partial charge >= 0.3 is 5.97 Å². The van der Waals surface area contributed by atoms with Gasteiger partial charge in [-0.3, -0.25) is 4.79 Å². The fourth-order valence-electron chi connectivity index (χ4n) is 1.07. The summed E-state index contributed by atoms with van der Waals surface area (Å²) >= 11 is 0. The van der Waals surface area contributed by atoms with Crippen molar-refractivity contribution < 1.29 is 14.3 Å². The first kappa shape index (κ1) is 13.1. The largest absolute Gasteiger partial charge is 0.464 e. The smallest absolute Gasteiger partial charge is 0.330 e. The minimum Gasteiger partial charge on any atom is -0.464 e. The molecule has 4 nitrogen and oxygen atoms in total. The van der Waals surface area contributed by atoms with Crippen molar-refractivity contribution in [3.8, 4) is 0 Å². The number of carbonyl (C=O) groups excluding carboxylic acids is 2. The number of rotatable bonds is 7. The number of ketones is 1. The highest BCUT2D eigenvalue weighted by Gasteiger charge is 2.22. The van der Waals surface area contributed by atoms with Crippen LogP contribution in [0.3, 0.4) is 0 Å². The number of unbranched alkanes of at least 4 members (excludes halogenated alkanes) is 2. The molecule has 0 heterocycles. The Hall–Kier alpha value is -0.900. The Morgan fingerprint density at radius 1 is 1.29 bits per heavy atom. The molecule has 0 amide bonds. The fraction of sp³-hybridized carbons (Fsp3) is 0.800. The highest BCUT2D eigenvalue weighted by atomic mass is 16.5. The number of hydrogen-bond donors (Lipinski definition) is 1. The zero-order valence-corrected chi connectivity index (χ0v) is 8.91. The molecule has 0 rings (SSSR count). The fourth-order valence-corrected chi connectivity index (χ4v) is 1.07. The average molecular weight is 201 g/mol. The minimum atomic E-state index is -1.09. The molecule has 0 radical (unpaired) electrons. The van der Waals surface area contributed by atoms with Crippen molar-refractivity contribution in [3.05, 3.63) is 0 Å². The van der Waals surface area contributed by atoms with Gasteiger partial charge in [-0.05, 0) is 13.3 Å². The molecule has 0 spiro atoms. The Morgan fingerprint density at radius 3 is 2.43 bits per heavy atom. The lowest BCUT2D eigenvalue weighted by Crippen LogP contribution is -2.39. The Kier molecular flexibility index (Phi) is 7.02. The number of hydrogen-bond acceptors (Lipinski definition) is 4. The van der Waals surface area contributed by atoms with Crippen LogP contribution in [0.1, 0.15) is 39.5 Å². The first-order valence-corrected chi connectivity index (χ1v) is 5.08. The molecule has 2 N–H and O–H groups in total. The van der Waals surface area contributed by atoms with Gasteiger partial charge in [0.15, 0.2) is 11.8 Å². The van der Waals surface area contributed by atoms with Crippen molar-refractivity contribution in [1.82, 2.24) is 0 Å². The molecule has 1 atom stereocenters. The molecule has 4 heteroatoms. The lowest BCUT2D eigenvalue weighted by Gasteiger charge is -2.08. The normalized spacial score (nSPS) is 12.2. The van der Waals surface area contributed by atoms with E-state index in [0.717, 1.165) is 19.3 Å². The SMILES string of the molecule is CCCCCC(=O)C(N)C(=O)OCC. The van der Waals surface area contributed by atoms with Crippen molar-refractivity contribution >= 4 is 11.8 Å². The number of Topliss-reactive ketones (excluding diaryl/α,β-unsaturated/α-hetero) is 1. The molecule has 0 bridgehead atoms. The quantitative estimate of drug-likeness (QED) is 0.379. The molecule has 0 aromatic carbocycles. The van der Waals surface area contributed by atoms with Gasteiger partial charge in [0, 0.05) is 6.42 Å². The topological polar surface area (TPSA) is 69.4 Å². The number of carbonyl (C=O) groups is 2. The molecule has 0 aliphatic carbocycles. The Labute approximate surface area is 84.8 Å². The second-order valence-corrected chi connectivity index (χ2v) is 3.15. The number of ether oxygens (including phenoxy) is 1. The van der Waals surface area contributed by atoms with Crippen LogP contribution in [-0.4, -0.2) is 24.4 Å². The van der Waals surface area contributed by atoms with Gasteiger partial charge in [-0.15, -0.1) is 0 Å². The van der Waals surface area contributed by atoms with Crippen LogP contribution in [-0.2, 0) is 14.3 Å². The van der Waals surface area contributed by atoms with E-state index in [2.05, 4.69) is 11.7 Å². The number of nitrogens with two attached hydrogens (primary N) is 1. The maximum absolute atomic E-state index is 11.3. The molecule has 0 saturated heterocycles. The Bertz CT molecular complexity index is 192. The predicted molar refractivity (Wildman–Crippen MR) is 53.8 cm³/mol. The van der Waals surface area contributed by atoms with Gasteiger partial charge in [0.2, 0.25) is 0 Å². The summed E-state index contributed by atoms with van der Waals surface area (Å²) < 4.78 is 4.65. The van der Waals surface area contributed by atoms with Crippen LogP contribution >= 0.6 is 0 Å². The van der Waals surface area contributed by atoms with Crippen LogP contribution < -0.4 is 5.73 Å². The van der Waals surface area contributed by atoms with Crippen LogP contribution in [0.4, 0.5) is 0 Å². The van der Waals surface area contributed by atoms with E-state index in [4.69, 9.17) is 5.73 Å². The van der Waals surface area contributed by atoms with Crippen LogP contribution in [0.15, 0.2) is 0 Å². The Morgan fingerprint density at radius 2 is 1.93 bits per heavy atom. The lowest BCUT2D eigenvalue weighted by atomic mass is 10.1. The van der Waals surface area contributed by atoms with E-state index >= 15 is 0 Å². The maximum Gasteiger partial charge on any atom is 0.330 e. The van der Waals surface area contributed by atoms with E-state index in [1.165, 1.54) is 0 Å². The molecule has 1 unspecified atom stereocenters. The molecule has 0 aromatic heterocycles. The molecular weight excluding hydrogens is 182 g/mol. The van der Waals surface area contributed by atoms with E-state index in [1.807, 2.05) is 0 Å². The summed E-state index contributed by atoms with van der Waals surface area (Å²) in [4.78, 5) is 22.4. The maximum atomic E-state index is 11.3. The van der Waals surface area contributed by atoms with Gasteiger partial charge in [0.05, 0.1) is 6.61 Å². The standard InChI is InChI=1S/C10H19NO3/c1-3-5-6-7-8(12)9(11)10(13)14-4-2/h9H,3-7,11H2,1-2H3. The molecule has 0 aliphatic rings. The summed E-state index contributed by atoms with van der Waals surface area (Å²) in [6.45, 7) is 4.00. The summed E-state index contributed by atoms with van der Waals surface area (Å²) in [5, 5.41) is 0. The zero-order chi connectivity index (χ0) is 11.0. The van der Waals surface area contributed by atoms with E-state index in [9.17, 15) is 9.59 Å². The highest BCUT2D eigenvalue weighted by molar-refractivity contribution is 6.02. The van der Waals surface area contributed by atoms with Crippen molar-refractivity contribution in [2.75, 3.05) is 6.61 Å². The lowest BCUT2D eigenvalue weighted by molar-refractivity contribution is -0.147. The van der Waals surface area contributed by atoms with Gasteiger partial charge in [-0.1, -0.05) is 19.8 Å². The van der Waals surface area contributed by atoms with Crippen molar-refractivity contribution in [2.24, 2.45) is 5.73 Å². The van der Waals surface area contributed by atoms with Gasteiger partial charge in [0.1, 0.15) is 0 Å². The zero-order valence-electron chi connectivity index (χ0n) is 8.91. The summed E-state index contributed by atoms with van der Waals surface area (Å²) in [6.07, 6.45) is 3.19. The van der Waals surface area contributed by atoms with E-state index in [1.54, 1.807) is 6.92 Å². The van der Waals surface area contributed by atoms with Crippen molar-refractivity contribution in [1.29, 1.82) is 0 Å². The van der Waals surface area contributed by atoms with Crippen molar-refractivity contribution in [2.45, 2.75) is 45.6 Å². The summed E-state index contributed by atoms with van der Waals surface area (Å²) in [6, 6.07) is -1.09. The first-order chi connectivity index (χ1) is 6.63. The predicted octanol–water partition coefficient (Wildman–Crippen LogP) is 1.03. The van der Waals surface area contributed by atoms with E-state index in [-0.39, 0.29) is 12.4 Å². The van der Waals surface area contributed by atoms with Crippen LogP contribution in [0, 0.1) is 0 Å². The van der Waals surface area contributed by atoms with E-state index in [0.29, 0.717) is 6.42 Å². The molecule has 82 valence electrons. The Balaban J connectivity index is 3.80. The highest BCUT2D eigenvalue weighted by Crippen LogP contribution is 2.02. The van der Waals surface area contributed by atoms with Gasteiger partial charge in [-0.2, -0.15) is 0 Å². The molecule has 0 aliphatic heterocycles. The monoisotopic (exact) mass is 201 g/mol. The van der Waals surface area contributed by atoms with Crippen molar-refractivity contribution in [3.63, 3.8) is 0 Å². The third-order valence-electron chi connectivity index (χ3n) is 1.91. The molecule has 0 aromatic rings. The molecule has 0 fully saturated rings. The van der Waals surface area contributed by atoms with Crippen LogP contribution in [0.25, 0.3) is 0 Å².